The van der Waals surface area contributed by atoms with Crippen molar-refractivity contribution in [3.8, 4) is 11.4 Å². The first-order chi connectivity index (χ1) is 11.4. The van der Waals surface area contributed by atoms with Crippen LogP contribution in [-0.4, -0.2) is 44.4 Å². The third kappa shape index (κ3) is 3.95. The number of carbonyl (C=O) groups is 2. The molecule has 0 radical (unpaired) electrons. The number of hydrogen-bond acceptors (Lipinski definition) is 4. The number of nitrogens with zero attached hydrogens (tertiary/aromatic N) is 3. The number of benzene rings is 1. The van der Waals surface area contributed by atoms with Gasteiger partial charge in [0.05, 0.1) is 11.3 Å². The normalized spacial score (nSPS) is 11.8. The average Bonchev–Trinajstić information content (AvgIpc) is 2.59. The Balaban J connectivity index is 2.33. The monoisotopic (exact) mass is 327 g/mol. The number of carboxylic acids is 1. The molecular weight excluding hydrogens is 306 g/mol. The van der Waals surface area contributed by atoms with E-state index in [1.165, 1.54) is 11.1 Å². The van der Waals surface area contributed by atoms with Crippen LogP contribution in [0.2, 0.25) is 0 Å². The van der Waals surface area contributed by atoms with Crippen LogP contribution in [0, 0.1) is 6.92 Å². The Morgan fingerprint density at radius 1 is 1.25 bits per heavy atom. The van der Waals surface area contributed by atoms with Crippen LogP contribution in [-0.2, 0) is 4.79 Å². The standard InChI is InChI=1S/C18H21N3O3/c1-4-12(2)21(11-16(22)23)18(24)15-10-19-17(20-13(15)3)14-8-6-5-7-9-14/h5-10,12H,4,11H2,1-3H3,(H,22,23). The maximum Gasteiger partial charge on any atom is 0.323 e. The molecule has 0 aliphatic carbocycles. The molecule has 1 amide bonds. The summed E-state index contributed by atoms with van der Waals surface area (Å²) in [6.45, 7) is 5.13. The van der Waals surface area contributed by atoms with E-state index < -0.39 is 5.97 Å². The van der Waals surface area contributed by atoms with Gasteiger partial charge in [-0.25, -0.2) is 9.97 Å². The van der Waals surface area contributed by atoms with Gasteiger partial charge in [0, 0.05) is 17.8 Å². The van der Waals surface area contributed by atoms with Crippen LogP contribution in [0.3, 0.4) is 0 Å². The molecule has 1 aromatic heterocycles. The van der Waals surface area contributed by atoms with Crippen molar-refractivity contribution in [2.24, 2.45) is 0 Å². The Bertz CT molecular complexity index is 732. The first-order valence-electron chi connectivity index (χ1n) is 7.85. The number of carboxylic acid groups (broad SMARTS) is 1. The van der Waals surface area contributed by atoms with Gasteiger partial charge >= 0.3 is 5.97 Å². The molecule has 2 aromatic rings. The molecule has 126 valence electrons. The molecule has 6 nitrogen and oxygen atoms in total. The zero-order valence-electron chi connectivity index (χ0n) is 14.1. The highest BCUT2D eigenvalue weighted by Crippen LogP contribution is 2.18. The number of rotatable bonds is 6. The summed E-state index contributed by atoms with van der Waals surface area (Å²) in [5, 5.41) is 9.06. The Morgan fingerprint density at radius 3 is 2.46 bits per heavy atom. The fraction of sp³-hybridized carbons (Fsp3) is 0.333. The predicted octanol–water partition coefficient (Wildman–Crippen LogP) is 2.78. The molecule has 1 heterocycles. The van der Waals surface area contributed by atoms with Crippen LogP contribution in [0.1, 0.15) is 36.3 Å². The first kappa shape index (κ1) is 17.6. The van der Waals surface area contributed by atoms with Crippen molar-refractivity contribution in [2.75, 3.05) is 6.54 Å². The zero-order chi connectivity index (χ0) is 17.7. The first-order valence-corrected chi connectivity index (χ1v) is 7.85. The summed E-state index contributed by atoms with van der Waals surface area (Å²) in [5.74, 6) is -0.857. The van der Waals surface area contributed by atoms with Gasteiger partial charge < -0.3 is 10.0 Å². The van der Waals surface area contributed by atoms with E-state index in [1.54, 1.807) is 6.92 Å². The lowest BCUT2D eigenvalue weighted by atomic mass is 10.1. The van der Waals surface area contributed by atoms with Crippen LogP contribution in [0.5, 0.6) is 0 Å². The third-order valence-corrected chi connectivity index (χ3v) is 3.93. The molecule has 0 saturated carbocycles. The highest BCUT2D eigenvalue weighted by Gasteiger charge is 2.25. The summed E-state index contributed by atoms with van der Waals surface area (Å²) in [5.41, 5.74) is 1.73. The van der Waals surface area contributed by atoms with Crippen LogP contribution in [0.4, 0.5) is 0 Å². The Hall–Kier alpha value is -2.76. The van der Waals surface area contributed by atoms with Crippen molar-refractivity contribution in [1.29, 1.82) is 0 Å². The maximum atomic E-state index is 12.7. The lowest BCUT2D eigenvalue weighted by Gasteiger charge is -2.27. The molecule has 0 saturated heterocycles. The summed E-state index contributed by atoms with van der Waals surface area (Å²) < 4.78 is 0. The van der Waals surface area contributed by atoms with Crippen LogP contribution >= 0.6 is 0 Å². The Morgan fingerprint density at radius 2 is 1.92 bits per heavy atom. The minimum atomic E-state index is -1.04. The van der Waals surface area contributed by atoms with Gasteiger partial charge in [-0.05, 0) is 20.3 Å². The van der Waals surface area contributed by atoms with Crippen molar-refractivity contribution in [1.82, 2.24) is 14.9 Å². The SMILES string of the molecule is CCC(C)N(CC(=O)O)C(=O)c1cnc(-c2ccccc2)nc1C. The summed E-state index contributed by atoms with van der Waals surface area (Å²) in [4.78, 5) is 33.8. The minimum Gasteiger partial charge on any atom is -0.480 e. The van der Waals surface area contributed by atoms with Crippen LogP contribution in [0.15, 0.2) is 36.5 Å². The van der Waals surface area contributed by atoms with Crippen molar-refractivity contribution in [3.05, 3.63) is 47.8 Å². The predicted molar refractivity (Wildman–Crippen MR) is 90.6 cm³/mol. The van der Waals surface area contributed by atoms with E-state index in [1.807, 2.05) is 44.2 Å². The van der Waals surface area contributed by atoms with E-state index in [4.69, 9.17) is 5.11 Å². The molecule has 0 aliphatic heterocycles. The van der Waals surface area contributed by atoms with E-state index in [2.05, 4.69) is 9.97 Å². The van der Waals surface area contributed by atoms with E-state index in [-0.39, 0.29) is 18.5 Å². The largest absolute Gasteiger partial charge is 0.480 e. The number of hydrogen-bond donors (Lipinski definition) is 1. The summed E-state index contributed by atoms with van der Waals surface area (Å²) in [6.07, 6.45) is 2.14. The number of aliphatic carboxylic acids is 1. The minimum absolute atomic E-state index is 0.179. The molecule has 2 rings (SSSR count). The van der Waals surface area contributed by atoms with Crippen LogP contribution < -0.4 is 0 Å². The van der Waals surface area contributed by atoms with Crippen molar-refractivity contribution >= 4 is 11.9 Å². The van der Waals surface area contributed by atoms with E-state index >= 15 is 0 Å². The quantitative estimate of drug-likeness (QED) is 0.882. The molecule has 0 aliphatic rings. The fourth-order valence-corrected chi connectivity index (χ4v) is 2.35. The fourth-order valence-electron chi connectivity index (χ4n) is 2.35. The molecule has 1 atom stereocenters. The maximum absolute atomic E-state index is 12.7. The van der Waals surface area contributed by atoms with Gasteiger partial charge in [0.15, 0.2) is 5.82 Å². The number of aryl methyl sites for hydroxylation is 1. The Labute approximate surface area is 141 Å². The third-order valence-electron chi connectivity index (χ3n) is 3.93. The second-order valence-corrected chi connectivity index (χ2v) is 5.64. The van der Waals surface area contributed by atoms with E-state index in [0.717, 1.165) is 5.56 Å². The average molecular weight is 327 g/mol. The highest BCUT2D eigenvalue weighted by atomic mass is 16.4. The molecule has 1 N–H and O–H groups in total. The topological polar surface area (TPSA) is 83.4 Å². The molecular formula is C18H21N3O3. The smallest absolute Gasteiger partial charge is 0.323 e. The van der Waals surface area contributed by atoms with Gasteiger partial charge in [0.25, 0.3) is 5.91 Å². The molecule has 24 heavy (non-hydrogen) atoms. The molecule has 0 bridgehead atoms. The van der Waals surface area contributed by atoms with Gasteiger partial charge in [-0.1, -0.05) is 37.3 Å². The van der Waals surface area contributed by atoms with E-state index in [0.29, 0.717) is 23.5 Å². The summed E-state index contributed by atoms with van der Waals surface area (Å²) in [7, 11) is 0. The molecule has 0 fully saturated rings. The lowest BCUT2D eigenvalue weighted by Crippen LogP contribution is -2.42. The second kappa shape index (κ2) is 7.68. The second-order valence-electron chi connectivity index (χ2n) is 5.64. The number of amides is 1. The van der Waals surface area contributed by atoms with Gasteiger partial charge in [-0.15, -0.1) is 0 Å². The number of aromatic nitrogens is 2. The zero-order valence-corrected chi connectivity index (χ0v) is 14.1. The van der Waals surface area contributed by atoms with Crippen molar-refractivity contribution in [3.63, 3.8) is 0 Å². The molecule has 0 spiro atoms. The van der Waals surface area contributed by atoms with Crippen molar-refractivity contribution < 1.29 is 14.7 Å². The van der Waals surface area contributed by atoms with E-state index in [9.17, 15) is 9.59 Å². The summed E-state index contributed by atoms with van der Waals surface area (Å²) >= 11 is 0. The van der Waals surface area contributed by atoms with Crippen molar-refractivity contribution in [2.45, 2.75) is 33.2 Å². The Kier molecular flexibility index (Phi) is 5.63. The highest BCUT2D eigenvalue weighted by molar-refractivity contribution is 5.96. The summed E-state index contributed by atoms with van der Waals surface area (Å²) in [6, 6.07) is 9.30. The molecule has 1 unspecified atom stereocenters. The van der Waals surface area contributed by atoms with Gasteiger partial charge in [0.2, 0.25) is 0 Å². The lowest BCUT2D eigenvalue weighted by molar-refractivity contribution is -0.138. The number of carbonyl (C=O) groups excluding carboxylic acids is 1. The molecule has 1 aromatic carbocycles. The van der Waals surface area contributed by atoms with Crippen LogP contribution in [0.25, 0.3) is 11.4 Å². The molecule has 6 heteroatoms. The van der Waals surface area contributed by atoms with Gasteiger partial charge in [-0.3, -0.25) is 9.59 Å². The van der Waals surface area contributed by atoms with Gasteiger partial charge in [0.1, 0.15) is 6.54 Å². The van der Waals surface area contributed by atoms with Gasteiger partial charge in [-0.2, -0.15) is 0 Å².